The van der Waals surface area contributed by atoms with E-state index in [1.165, 1.54) is 6.07 Å². The number of anilines is 1. The number of hydrogen-bond donors (Lipinski definition) is 2. The lowest BCUT2D eigenvalue weighted by Gasteiger charge is -2.14. The Labute approximate surface area is 129 Å². The van der Waals surface area contributed by atoms with Gasteiger partial charge in [-0.3, -0.25) is 4.79 Å². The molecule has 0 saturated carbocycles. The third-order valence-corrected chi connectivity index (χ3v) is 3.28. The van der Waals surface area contributed by atoms with E-state index in [4.69, 9.17) is 4.74 Å². The molecule has 1 atom stereocenters. The molecule has 0 radical (unpaired) electrons. The highest BCUT2D eigenvalue weighted by Crippen LogP contribution is 2.12. The predicted octanol–water partition coefficient (Wildman–Crippen LogP) is 1.49. The van der Waals surface area contributed by atoms with Gasteiger partial charge in [-0.05, 0) is 36.4 Å². The minimum atomic E-state index is -0.427. The average Bonchev–Trinajstić information content (AvgIpc) is 2.50. The van der Waals surface area contributed by atoms with Crippen molar-refractivity contribution in [1.82, 2.24) is 0 Å². The summed E-state index contributed by atoms with van der Waals surface area (Å²) < 4.78 is 18.6. The highest BCUT2D eigenvalue weighted by molar-refractivity contribution is 5.91. The van der Waals surface area contributed by atoms with Crippen molar-refractivity contribution in [2.75, 3.05) is 26.0 Å². The molecule has 2 N–H and O–H groups in total. The molecule has 22 heavy (non-hydrogen) atoms. The zero-order valence-electron chi connectivity index (χ0n) is 12.7. The SMILES string of the molecule is COc1ccc(C[NH+](C)CC(=O)Nc2ccccc2F)cc1. The van der Waals surface area contributed by atoms with Crippen LogP contribution in [0, 0.1) is 5.82 Å². The van der Waals surface area contributed by atoms with E-state index in [2.05, 4.69) is 5.32 Å². The summed E-state index contributed by atoms with van der Waals surface area (Å²) in [6, 6.07) is 13.9. The third kappa shape index (κ3) is 4.56. The minimum Gasteiger partial charge on any atom is -0.497 e. The number of para-hydroxylation sites is 1. The molecule has 0 aromatic heterocycles. The number of hydrogen-bond acceptors (Lipinski definition) is 2. The first-order valence-corrected chi connectivity index (χ1v) is 7.07. The van der Waals surface area contributed by atoms with Gasteiger partial charge in [0.2, 0.25) is 0 Å². The molecule has 0 aliphatic rings. The summed E-state index contributed by atoms with van der Waals surface area (Å²) in [6.07, 6.45) is 0. The van der Waals surface area contributed by atoms with Crippen LogP contribution >= 0.6 is 0 Å². The maximum atomic E-state index is 13.5. The van der Waals surface area contributed by atoms with Gasteiger partial charge in [0.15, 0.2) is 6.54 Å². The number of carbonyl (C=O) groups is 1. The van der Waals surface area contributed by atoms with Crippen molar-refractivity contribution in [1.29, 1.82) is 0 Å². The van der Waals surface area contributed by atoms with E-state index in [1.807, 2.05) is 31.3 Å². The summed E-state index contributed by atoms with van der Waals surface area (Å²) >= 11 is 0. The van der Waals surface area contributed by atoms with E-state index in [1.54, 1.807) is 25.3 Å². The molecular weight excluding hydrogens is 283 g/mol. The average molecular weight is 303 g/mol. The summed E-state index contributed by atoms with van der Waals surface area (Å²) in [6.45, 7) is 0.967. The van der Waals surface area contributed by atoms with Crippen molar-refractivity contribution < 1.29 is 18.8 Å². The Hall–Kier alpha value is -2.40. The Morgan fingerprint density at radius 2 is 1.86 bits per heavy atom. The standard InChI is InChI=1S/C17H19FN2O2/c1-20(11-13-7-9-14(22-2)10-8-13)12-17(21)19-16-6-4-3-5-15(16)18/h3-10H,11-12H2,1-2H3,(H,19,21)/p+1. The maximum absolute atomic E-state index is 13.5. The fourth-order valence-corrected chi connectivity index (χ4v) is 2.19. The minimum absolute atomic E-state index is 0.212. The number of amides is 1. The van der Waals surface area contributed by atoms with Gasteiger partial charge in [0, 0.05) is 5.56 Å². The molecule has 0 spiro atoms. The Balaban J connectivity index is 1.87. The number of halogens is 1. The van der Waals surface area contributed by atoms with Crippen molar-refractivity contribution in [3.63, 3.8) is 0 Å². The lowest BCUT2D eigenvalue weighted by atomic mass is 10.2. The van der Waals surface area contributed by atoms with E-state index in [9.17, 15) is 9.18 Å². The van der Waals surface area contributed by atoms with E-state index in [0.29, 0.717) is 6.54 Å². The van der Waals surface area contributed by atoms with Crippen LogP contribution in [0.5, 0.6) is 5.75 Å². The lowest BCUT2D eigenvalue weighted by molar-refractivity contribution is -0.885. The number of rotatable bonds is 6. The second-order valence-electron chi connectivity index (χ2n) is 5.19. The molecule has 0 heterocycles. The largest absolute Gasteiger partial charge is 0.497 e. The molecule has 4 nitrogen and oxygen atoms in total. The fraction of sp³-hybridized carbons (Fsp3) is 0.235. The molecule has 0 aliphatic carbocycles. The molecule has 0 aliphatic heterocycles. The molecule has 2 rings (SSSR count). The summed E-state index contributed by atoms with van der Waals surface area (Å²) in [7, 11) is 3.55. The highest BCUT2D eigenvalue weighted by Gasteiger charge is 2.12. The first-order valence-electron chi connectivity index (χ1n) is 7.07. The second-order valence-corrected chi connectivity index (χ2v) is 5.19. The molecule has 5 heteroatoms. The van der Waals surface area contributed by atoms with Crippen LogP contribution in [0.3, 0.4) is 0 Å². The van der Waals surface area contributed by atoms with Gasteiger partial charge in [-0.15, -0.1) is 0 Å². The zero-order valence-corrected chi connectivity index (χ0v) is 12.7. The molecule has 1 unspecified atom stereocenters. The van der Waals surface area contributed by atoms with Crippen molar-refractivity contribution in [3.05, 3.63) is 59.9 Å². The van der Waals surface area contributed by atoms with E-state index >= 15 is 0 Å². The van der Waals surface area contributed by atoms with Crippen LogP contribution in [0.4, 0.5) is 10.1 Å². The summed E-state index contributed by atoms with van der Waals surface area (Å²) in [4.78, 5) is 13.0. The first-order chi connectivity index (χ1) is 10.6. The van der Waals surface area contributed by atoms with Gasteiger partial charge in [-0.2, -0.15) is 0 Å². The maximum Gasteiger partial charge on any atom is 0.279 e. The number of ether oxygens (including phenoxy) is 1. The Morgan fingerprint density at radius 1 is 1.18 bits per heavy atom. The second kappa shape index (κ2) is 7.56. The van der Waals surface area contributed by atoms with Crippen LogP contribution < -0.4 is 15.0 Å². The fourth-order valence-electron chi connectivity index (χ4n) is 2.19. The van der Waals surface area contributed by atoms with Gasteiger partial charge in [0.1, 0.15) is 18.1 Å². The summed E-state index contributed by atoms with van der Waals surface area (Å²) in [5, 5.41) is 2.59. The smallest absolute Gasteiger partial charge is 0.279 e. The van der Waals surface area contributed by atoms with Crippen LogP contribution in [0.15, 0.2) is 48.5 Å². The van der Waals surface area contributed by atoms with Crippen LogP contribution in [0.2, 0.25) is 0 Å². The van der Waals surface area contributed by atoms with Crippen molar-refractivity contribution >= 4 is 11.6 Å². The summed E-state index contributed by atoms with van der Waals surface area (Å²) in [5.41, 5.74) is 1.32. The quantitative estimate of drug-likeness (QED) is 0.849. The van der Waals surface area contributed by atoms with Gasteiger partial charge in [-0.25, -0.2) is 4.39 Å². The Bertz CT molecular complexity index is 629. The van der Waals surface area contributed by atoms with Gasteiger partial charge >= 0.3 is 0 Å². The van der Waals surface area contributed by atoms with E-state index < -0.39 is 5.82 Å². The van der Waals surface area contributed by atoms with Gasteiger partial charge in [0.25, 0.3) is 5.91 Å². The van der Waals surface area contributed by atoms with Crippen LogP contribution in [0.25, 0.3) is 0 Å². The molecule has 0 fully saturated rings. The topological polar surface area (TPSA) is 42.8 Å². The first kappa shape index (κ1) is 16.0. The number of quaternary nitrogens is 1. The van der Waals surface area contributed by atoms with Crippen molar-refractivity contribution in [3.8, 4) is 5.75 Å². The van der Waals surface area contributed by atoms with E-state index in [-0.39, 0.29) is 18.1 Å². The molecule has 0 bridgehead atoms. The third-order valence-electron chi connectivity index (χ3n) is 3.28. The van der Waals surface area contributed by atoms with Crippen LogP contribution in [-0.4, -0.2) is 26.6 Å². The monoisotopic (exact) mass is 303 g/mol. The Kier molecular flexibility index (Phi) is 5.49. The Morgan fingerprint density at radius 3 is 2.50 bits per heavy atom. The van der Waals surface area contributed by atoms with Crippen LogP contribution in [-0.2, 0) is 11.3 Å². The number of benzene rings is 2. The normalized spacial score (nSPS) is 11.8. The predicted molar refractivity (Wildman–Crippen MR) is 83.5 cm³/mol. The number of nitrogens with one attached hydrogen (secondary N) is 2. The zero-order chi connectivity index (χ0) is 15.9. The molecule has 116 valence electrons. The number of methoxy groups -OCH3 is 1. The van der Waals surface area contributed by atoms with Gasteiger partial charge in [0.05, 0.1) is 19.8 Å². The highest BCUT2D eigenvalue weighted by atomic mass is 19.1. The van der Waals surface area contributed by atoms with Crippen LogP contribution in [0.1, 0.15) is 5.56 Å². The molecular formula is C17H20FN2O2+. The van der Waals surface area contributed by atoms with E-state index in [0.717, 1.165) is 16.2 Å². The molecule has 1 amide bonds. The molecule has 2 aromatic carbocycles. The molecule has 0 saturated heterocycles. The number of likely N-dealkylation sites (N-methyl/N-ethyl adjacent to an activating group) is 1. The van der Waals surface area contributed by atoms with Crippen molar-refractivity contribution in [2.24, 2.45) is 0 Å². The molecule has 2 aromatic rings. The number of carbonyl (C=O) groups excluding carboxylic acids is 1. The van der Waals surface area contributed by atoms with Crippen molar-refractivity contribution in [2.45, 2.75) is 6.54 Å². The van der Waals surface area contributed by atoms with Gasteiger partial charge in [-0.1, -0.05) is 12.1 Å². The lowest BCUT2D eigenvalue weighted by Crippen LogP contribution is -3.08. The summed E-state index contributed by atoms with van der Waals surface area (Å²) in [5.74, 6) is 0.165. The van der Waals surface area contributed by atoms with Gasteiger partial charge < -0.3 is 15.0 Å².